The summed E-state index contributed by atoms with van der Waals surface area (Å²) in [6, 6.07) is 2.41. The minimum atomic E-state index is 1.28. The van der Waals surface area contributed by atoms with Crippen molar-refractivity contribution in [3.8, 4) is 0 Å². The summed E-state index contributed by atoms with van der Waals surface area (Å²) in [5.41, 5.74) is 3.25. The molecule has 0 aliphatic heterocycles. The van der Waals surface area contributed by atoms with Crippen LogP contribution < -0.4 is 4.57 Å². The average molecular weight is 571 g/mol. The van der Waals surface area contributed by atoms with Gasteiger partial charge in [-0.05, 0) is 31.2 Å². The lowest BCUT2D eigenvalue weighted by molar-refractivity contribution is -0.672. The van der Waals surface area contributed by atoms with Crippen LogP contribution in [0, 0.1) is 0 Å². The van der Waals surface area contributed by atoms with Gasteiger partial charge in [0, 0.05) is 11.6 Å². The Morgan fingerprint density at radius 1 is 0.366 bits per heavy atom. The molecule has 0 aromatic carbocycles. The summed E-state index contributed by atoms with van der Waals surface area (Å²) in [6.07, 6.45) is 50.6. The largest absolute Gasteiger partial charge is 0.208 e. The van der Waals surface area contributed by atoms with Crippen molar-refractivity contribution in [1.82, 2.24) is 0 Å². The van der Waals surface area contributed by atoms with Crippen molar-refractivity contribution < 1.29 is 4.57 Å². The topological polar surface area (TPSA) is 3.88 Å². The van der Waals surface area contributed by atoms with E-state index in [9.17, 15) is 0 Å². The van der Waals surface area contributed by atoms with E-state index >= 15 is 0 Å². The molecule has 1 heteroatoms. The van der Waals surface area contributed by atoms with Crippen molar-refractivity contribution in [3.05, 3.63) is 29.6 Å². The number of aryl methyl sites for hydroxylation is 3. The lowest BCUT2D eigenvalue weighted by Crippen LogP contribution is -2.27. The quantitative estimate of drug-likeness (QED) is 0.0599. The van der Waals surface area contributed by atoms with Crippen LogP contribution >= 0.6 is 0 Å². The highest BCUT2D eigenvalue weighted by Crippen LogP contribution is 2.18. The maximum absolute atomic E-state index is 2.41. The van der Waals surface area contributed by atoms with Crippen molar-refractivity contribution in [3.63, 3.8) is 0 Å². The summed E-state index contributed by atoms with van der Waals surface area (Å²) in [5.74, 6) is 0. The van der Waals surface area contributed by atoms with E-state index in [1.54, 1.807) is 11.1 Å². The lowest BCUT2D eigenvalue weighted by Gasteiger charge is -2.08. The molecule has 0 amide bonds. The van der Waals surface area contributed by atoms with Gasteiger partial charge in [0.2, 0.25) is 0 Å². The second-order valence-electron chi connectivity index (χ2n) is 13.6. The van der Waals surface area contributed by atoms with Crippen molar-refractivity contribution in [2.75, 3.05) is 0 Å². The molecule has 0 aliphatic carbocycles. The smallest absolute Gasteiger partial charge is 0.171 e. The van der Waals surface area contributed by atoms with Crippen LogP contribution in [0.3, 0.4) is 0 Å². The van der Waals surface area contributed by atoms with Gasteiger partial charge in [-0.15, -0.1) is 0 Å². The zero-order chi connectivity index (χ0) is 29.5. The average Bonchev–Trinajstić information content (AvgIpc) is 2.98. The van der Waals surface area contributed by atoms with Gasteiger partial charge in [0.25, 0.3) is 0 Å². The molecule has 240 valence electrons. The number of hydrogen-bond acceptors (Lipinski definition) is 0. The van der Waals surface area contributed by atoms with Crippen molar-refractivity contribution in [1.29, 1.82) is 0 Å². The predicted molar refractivity (Wildman–Crippen MR) is 185 cm³/mol. The molecule has 0 fully saturated rings. The molecule has 1 aromatic heterocycles. The van der Waals surface area contributed by atoms with E-state index in [2.05, 4.69) is 43.9 Å². The number of hydrogen-bond donors (Lipinski definition) is 0. The predicted octanol–water partition coefficient (Wildman–Crippen LogP) is 13.3. The fraction of sp³-hybridized carbons (Fsp3) is 0.875. The zero-order valence-corrected chi connectivity index (χ0v) is 28.8. The van der Waals surface area contributed by atoms with E-state index in [1.165, 1.54) is 205 Å². The highest BCUT2D eigenvalue weighted by molar-refractivity contribution is 5.21. The highest BCUT2D eigenvalue weighted by atomic mass is 14.9. The zero-order valence-electron chi connectivity index (χ0n) is 28.8. The fourth-order valence-corrected chi connectivity index (χ4v) is 6.53. The first-order valence-corrected chi connectivity index (χ1v) is 19.2. The Hall–Kier alpha value is -0.850. The maximum Gasteiger partial charge on any atom is 0.171 e. The van der Waals surface area contributed by atoms with Gasteiger partial charge in [-0.3, -0.25) is 0 Å². The van der Waals surface area contributed by atoms with Crippen LogP contribution in [0.5, 0.6) is 0 Å². The third-order valence-corrected chi connectivity index (χ3v) is 9.38. The molecular formula is C40H76N+. The third kappa shape index (κ3) is 25.4. The summed E-state index contributed by atoms with van der Waals surface area (Å²) < 4.78 is 2.26. The van der Waals surface area contributed by atoms with Crippen LogP contribution in [-0.4, -0.2) is 0 Å². The van der Waals surface area contributed by atoms with Crippen LogP contribution in [-0.2, 0) is 19.9 Å². The molecule has 0 bridgehead atoms. The van der Waals surface area contributed by atoms with Gasteiger partial charge in [-0.1, -0.05) is 194 Å². The molecule has 0 saturated carbocycles. The van der Waals surface area contributed by atoms with Crippen LogP contribution in [0.2, 0.25) is 0 Å². The Labute approximate surface area is 260 Å². The number of pyridine rings is 1. The SMILES string of the molecule is CCCCCCCCCCCCCCCCCc1cc[n+](C)cc1CCCCCCCCCCCCCCCCC. The fourth-order valence-electron chi connectivity index (χ4n) is 6.53. The van der Waals surface area contributed by atoms with Crippen LogP contribution in [0.15, 0.2) is 18.5 Å². The molecule has 41 heavy (non-hydrogen) atoms. The van der Waals surface area contributed by atoms with E-state index < -0.39 is 0 Å². The molecule has 0 N–H and O–H groups in total. The monoisotopic (exact) mass is 571 g/mol. The van der Waals surface area contributed by atoms with Gasteiger partial charge in [0.1, 0.15) is 7.05 Å². The number of unbranched alkanes of at least 4 members (excludes halogenated alkanes) is 28. The Balaban J connectivity index is 1.96. The molecule has 0 atom stereocenters. The van der Waals surface area contributed by atoms with Gasteiger partial charge < -0.3 is 0 Å². The number of aromatic nitrogens is 1. The molecule has 1 nitrogen and oxygen atoms in total. The standard InChI is InChI=1S/C40H76N/c1-4-6-8-10-12-14-16-18-20-22-24-26-28-30-32-34-39-36-37-41(3)38-40(39)35-33-31-29-27-25-23-21-19-17-15-13-11-9-7-5-2/h36-38H,4-35H2,1-3H3/q+1. The van der Waals surface area contributed by atoms with Crippen LogP contribution in [0.4, 0.5) is 0 Å². The Kier molecular flexibility index (Phi) is 28.5. The van der Waals surface area contributed by atoms with Crippen molar-refractivity contribution >= 4 is 0 Å². The summed E-state index contributed by atoms with van der Waals surface area (Å²) in [4.78, 5) is 0. The molecule has 1 heterocycles. The summed E-state index contributed by atoms with van der Waals surface area (Å²) in [6.45, 7) is 4.61. The second kappa shape index (κ2) is 30.6. The van der Waals surface area contributed by atoms with E-state index in [0.717, 1.165) is 0 Å². The van der Waals surface area contributed by atoms with Gasteiger partial charge >= 0.3 is 0 Å². The maximum atomic E-state index is 2.41. The number of nitrogens with zero attached hydrogens (tertiary/aromatic N) is 1. The first-order valence-electron chi connectivity index (χ1n) is 19.2. The van der Waals surface area contributed by atoms with Crippen LogP contribution in [0.25, 0.3) is 0 Å². The molecule has 0 spiro atoms. The van der Waals surface area contributed by atoms with E-state index in [0.29, 0.717) is 0 Å². The Morgan fingerprint density at radius 3 is 0.951 bits per heavy atom. The Morgan fingerprint density at radius 2 is 0.634 bits per heavy atom. The van der Waals surface area contributed by atoms with Crippen molar-refractivity contribution in [2.24, 2.45) is 7.05 Å². The van der Waals surface area contributed by atoms with Gasteiger partial charge in [0.05, 0.1) is 0 Å². The molecule has 1 aromatic rings. The van der Waals surface area contributed by atoms with Gasteiger partial charge in [-0.25, -0.2) is 4.57 Å². The van der Waals surface area contributed by atoms with Gasteiger partial charge in [0.15, 0.2) is 12.4 Å². The van der Waals surface area contributed by atoms with Crippen molar-refractivity contribution in [2.45, 2.75) is 219 Å². The lowest BCUT2D eigenvalue weighted by atomic mass is 9.97. The number of rotatable bonds is 32. The molecule has 0 saturated heterocycles. The molecule has 1 rings (SSSR count). The molecule has 0 aliphatic rings. The minimum absolute atomic E-state index is 1.28. The van der Waals surface area contributed by atoms with Gasteiger partial charge in [-0.2, -0.15) is 0 Å². The minimum Gasteiger partial charge on any atom is -0.208 e. The first-order chi connectivity index (χ1) is 20.3. The normalized spacial score (nSPS) is 11.5. The first kappa shape index (κ1) is 38.2. The van der Waals surface area contributed by atoms with E-state index in [-0.39, 0.29) is 0 Å². The molecule has 0 unspecified atom stereocenters. The third-order valence-electron chi connectivity index (χ3n) is 9.38. The van der Waals surface area contributed by atoms with E-state index in [1.807, 2.05) is 0 Å². The van der Waals surface area contributed by atoms with E-state index in [4.69, 9.17) is 0 Å². The molecule has 0 radical (unpaired) electrons. The summed E-state index contributed by atoms with van der Waals surface area (Å²) in [5, 5.41) is 0. The molecular weight excluding hydrogens is 494 g/mol. The highest BCUT2D eigenvalue weighted by Gasteiger charge is 2.07. The summed E-state index contributed by atoms with van der Waals surface area (Å²) >= 11 is 0. The Bertz CT molecular complexity index is 650. The second-order valence-corrected chi connectivity index (χ2v) is 13.6. The summed E-state index contributed by atoms with van der Waals surface area (Å²) in [7, 11) is 2.19. The van der Waals surface area contributed by atoms with Crippen LogP contribution in [0.1, 0.15) is 218 Å².